The van der Waals surface area contributed by atoms with Crippen LogP contribution >= 0.6 is 11.7 Å². The molecule has 4 nitrogen and oxygen atoms in total. The number of hydrogen-bond donors (Lipinski definition) is 0. The van der Waals surface area contributed by atoms with Crippen molar-refractivity contribution in [3.63, 3.8) is 0 Å². The molecule has 1 aliphatic rings. The van der Waals surface area contributed by atoms with Crippen molar-refractivity contribution in [3.8, 4) is 5.88 Å². The number of ether oxygens (including phenoxy) is 2. The summed E-state index contributed by atoms with van der Waals surface area (Å²) in [6.45, 7) is 1.36. The molecule has 0 N–H and O–H groups in total. The minimum Gasteiger partial charge on any atom is -0.468 e. The maximum absolute atomic E-state index is 5.30. The van der Waals surface area contributed by atoms with Gasteiger partial charge in [-0.25, -0.2) is 0 Å². The van der Waals surface area contributed by atoms with Crippen LogP contribution in [0.25, 0.3) is 0 Å². The molecule has 1 fully saturated rings. The molecule has 1 aliphatic heterocycles. The molecular formula is C5H6N2O2S. The summed E-state index contributed by atoms with van der Waals surface area (Å²) < 4.78 is 17.9. The van der Waals surface area contributed by atoms with Gasteiger partial charge in [0.05, 0.1) is 24.9 Å². The molecule has 1 saturated heterocycles. The van der Waals surface area contributed by atoms with Gasteiger partial charge in [-0.2, -0.15) is 4.37 Å². The summed E-state index contributed by atoms with van der Waals surface area (Å²) >= 11 is 1.15. The quantitative estimate of drug-likeness (QED) is 0.621. The molecule has 2 heterocycles. The minimum atomic E-state index is 0.198. The second-order valence-corrected chi connectivity index (χ2v) is 2.58. The molecule has 0 atom stereocenters. The van der Waals surface area contributed by atoms with Gasteiger partial charge >= 0.3 is 0 Å². The lowest BCUT2D eigenvalue weighted by Gasteiger charge is -2.25. The van der Waals surface area contributed by atoms with Crippen LogP contribution in [-0.2, 0) is 4.74 Å². The third-order valence-electron chi connectivity index (χ3n) is 1.24. The van der Waals surface area contributed by atoms with Gasteiger partial charge in [-0.05, 0) is 0 Å². The van der Waals surface area contributed by atoms with Crippen molar-refractivity contribution >= 4 is 11.7 Å². The van der Waals surface area contributed by atoms with Gasteiger partial charge < -0.3 is 9.47 Å². The van der Waals surface area contributed by atoms with Gasteiger partial charge in [0.2, 0.25) is 5.88 Å². The molecule has 0 spiro atoms. The van der Waals surface area contributed by atoms with Crippen LogP contribution in [0.3, 0.4) is 0 Å². The summed E-state index contributed by atoms with van der Waals surface area (Å²) in [5.41, 5.74) is 0. The van der Waals surface area contributed by atoms with Gasteiger partial charge in [-0.15, -0.1) is 4.37 Å². The molecule has 54 valence electrons. The maximum atomic E-state index is 5.30. The Bertz CT molecular complexity index is 197. The molecule has 0 bridgehead atoms. The van der Waals surface area contributed by atoms with E-state index in [1.54, 1.807) is 6.20 Å². The molecule has 0 radical (unpaired) electrons. The Balaban J connectivity index is 1.90. The van der Waals surface area contributed by atoms with Gasteiger partial charge in [-0.1, -0.05) is 0 Å². The van der Waals surface area contributed by atoms with Crippen LogP contribution in [0.15, 0.2) is 6.20 Å². The fourth-order valence-corrected chi connectivity index (χ4v) is 1.02. The molecular weight excluding hydrogens is 152 g/mol. The van der Waals surface area contributed by atoms with E-state index >= 15 is 0 Å². The maximum Gasteiger partial charge on any atom is 0.246 e. The molecule has 1 aromatic rings. The van der Waals surface area contributed by atoms with Crippen molar-refractivity contribution < 1.29 is 9.47 Å². The summed E-state index contributed by atoms with van der Waals surface area (Å²) in [7, 11) is 0. The fourth-order valence-electron chi connectivity index (χ4n) is 0.661. The summed E-state index contributed by atoms with van der Waals surface area (Å²) in [5.74, 6) is 0.610. The van der Waals surface area contributed by atoms with E-state index in [2.05, 4.69) is 8.75 Å². The van der Waals surface area contributed by atoms with Crippen molar-refractivity contribution in [2.24, 2.45) is 0 Å². The second kappa shape index (κ2) is 2.51. The molecule has 0 aromatic carbocycles. The first-order valence-corrected chi connectivity index (χ1v) is 3.70. The Morgan fingerprint density at radius 1 is 1.70 bits per heavy atom. The average molecular weight is 158 g/mol. The van der Waals surface area contributed by atoms with E-state index < -0.39 is 0 Å². The summed E-state index contributed by atoms with van der Waals surface area (Å²) in [6.07, 6.45) is 1.81. The lowest BCUT2D eigenvalue weighted by atomic mass is 10.3. The lowest BCUT2D eigenvalue weighted by molar-refractivity contribution is -0.0810. The zero-order valence-electron chi connectivity index (χ0n) is 5.19. The molecule has 10 heavy (non-hydrogen) atoms. The molecule has 0 amide bonds. The predicted octanol–water partition coefficient (Wildman–Crippen LogP) is 0.316. The van der Waals surface area contributed by atoms with Crippen LogP contribution in [0.5, 0.6) is 5.88 Å². The van der Waals surface area contributed by atoms with E-state index in [-0.39, 0.29) is 6.10 Å². The van der Waals surface area contributed by atoms with E-state index in [1.807, 2.05) is 0 Å². The summed E-state index contributed by atoms with van der Waals surface area (Å²) in [4.78, 5) is 0. The van der Waals surface area contributed by atoms with Crippen LogP contribution < -0.4 is 4.74 Å². The van der Waals surface area contributed by atoms with Gasteiger partial charge in [0.25, 0.3) is 0 Å². The normalized spacial score (nSPS) is 18.4. The molecule has 5 heteroatoms. The monoisotopic (exact) mass is 158 g/mol. The smallest absolute Gasteiger partial charge is 0.246 e. The molecule has 2 rings (SSSR count). The van der Waals surface area contributed by atoms with E-state index in [4.69, 9.17) is 9.47 Å². The topological polar surface area (TPSA) is 44.2 Å². The minimum absolute atomic E-state index is 0.198. The number of hydrogen-bond acceptors (Lipinski definition) is 5. The highest BCUT2D eigenvalue weighted by atomic mass is 32.1. The highest BCUT2D eigenvalue weighted by Gasteiger charge is 2.20. The standard InChI is InChI=1S/C5H6N2O2S/c1-5(7-10-6-1)9-4-2-8-3-4/h1,4H,2-3H2. The molecule has 0 aliphatic carbocycles. The van der Waals surface area contributed by atoms with Crippen molar-refractivity contribution in [2.75, 3.05) is 13.2 Å². The molecule has 0 saturated carbocycles. The van der Waals surface area contributed by atoms with Gasteiger partial charge in [-0.3, -0.25) is 0 Å². The van der Waals surface area contributed by atoms with Crippen LogP contribution in [0, 0.1) is 0 Å². The van der Waals surface area contributed by atoms with Crippen molar-refractivity contribution in [3.05, 3.63) is 6.20 Å². The number of aromatic nitrogens is 2. The highest BCUT2D eigenvalue weighted by molar-refractivity contribution is 6.99. The third kappa shape index (κ3) is 1.10. The van der Waals surface area contributed by atoms with Crippen molar-refractivity contribution in [1.29, 1.82) is 0 Å². The van der Waals surface area contributed by atoms with E-state index in [0.717, 1.165) is 11.7 Å². The van der Waals surface area contributed by atoms with Gasteiger partial charge in [0.1, 0.15) is 12.3 Å². The first-order valence-electron chi connectivity index (χ1n) is 2.97. The highest BCUT2D eigenvalue weighted by Crippen LogP contribution is 2.12. The Morgan fingerprint density at radius 2 is 2.60 bits per heavy atom. The number of rotatable bonds is 2. The van der Waals surface area contributed by atoms with E-state index in [0.29, 0.717) is 19.1 Å². The fraction of sp³-hybridized carbons (Fsp3) is 0.600. The lowest BCUT2D eigenvalue weighted by Crippen LogP contribution is -2.38. The predicted molar refractivity (Wildman–Crippen MR) is 35.1 cm³/mol. The second-order valence-electron chi connectivity index (χ2n) is 2.02. The SMILES string of the molecule is c1nsnc1OC1COC1. The van der Waals surface area contributed by atoms with Gasteiger partial charge in [0.15, 0.2) is 0 Å². The Labute approximate surface area is 62.1 Å². The third-order valence-corrected chi connectivity index (χ3v) is 1.70. The zero-order chi connectivity index (χ0) is 6.81. The van der Waals surface area contributed by atoms with Crippen molar-refractivity contribution in [1.82, 2.24) is 8.75 Å². The average Bonchev–Trinajstić information content (AvgIpc) is 2.29. The Morgan fingerprint density at radius 3 is 3.10 bits per heavy atom. The van der Waals surface area contributed by atoms with Crippen LogP contribution in [0.2, 0.25) is 0 Å². The van der Waals surface area contributed by atoms with E-state index in [9.17, 15) is 0 Å². The first-order chi connectivity index (χ1) is 4.95. The van der Waals surface area contributed by atoms with Gasteiger partial charge in [0, 0.05) is 0 Å². The molecule has 1 aromatic heterocycles. The Hall–Kier alpha value is -0.680. The van der Waals surface area contributed by atoms with E-state index in [1.165, 1.54) is 0 Å². The Kier molecular flexibility index (Phi) is 1.52. The largest absolute Gasteiger partial charge is 0.468 e. The molecule has 0 unspecified atom stereocenters. The first kappa shape index (κ1) is 6.06. The summed E-state index contributed by atoms with van der Waals surface area (Å²) in [5, 5.41) is 0. The van der Waals surface area contributed by atoms with Crippen LogP contribution in [-0.4, -0.2) is 28.1 Å². The number of nitrogens with zero attached hydrogens (tertiary/aromatic N) is 2. The van der Waals surface area contributed by atoms with Crippen LogP contribution in [0.1, 0.15) is 0 Å². The summed E-state index contributed by atoms with van der Waals surface area (Å²) in [6, 6.07) is 0. The van der Waals surface area contributed by atoms with Crippen LogP contribution in [0.4, 0.5) is 0 Å². The zero-order valence-corrected chi connectivity index (χ0v) is 6.00. The van der Waals surface area contributed by atoms with Crippen molar-refractivity contribution in [2.45, 2.75) is 6.10 Å².